The van der Waals surface area contributed by atoms with Gasteiger partial charge >= 0.3 is 0 Å². The molecule has 1 saturated heterocycles. The summed E-state index contributed by atoms with van der Waals surface area (Å²) in [5.41, 5.74) is 5.37. The first-order chi connectivity index (χ1) is 15.1. The zero-order valence-corrected chi connectivity index (χ0v) is 18.7. The van der Waals surface area contributed by atoms with Crippen LogP contribution in [0.4, 0.5) is 0 Å². The quantitative estimate of drug-likeness (QED) is 0.426. The Kier molecular flexibility index (Phi) is 5.32. The van der Waals surface area contributed by atoms with Gasteiger partial charge < -0.3 is 4.90 Å². The molecule has 1 aliphatic rings. The van der Waals surface area contributed by atoms with Crippen LogP contribution in [0, 0.1) is 13.8 Å². The second-order valence-corrected chi connectivity index (χ2v) is 9.22. The third kappa shape index (κ3) is 3.76. The fourth-order valence-electron chi connectivity index (χ4n) is 4.59. The lowest BCUT2D eigenvalue weighted by atomic mass is 10.1. The van der Waals surface area contributed by atoms with E-state index >= 15 is 0 Å². The van der Waals surface area contributed by atoms with Crippen LogP contribution < -0.4 is 0 Å². The molecule has 0 unspecified atom stereocenters. The summed E-state index contributed by atoms with van der Waals surface area (Å²) in [5.74, 6) is 0.216. The number of rotatable bonds is 5. The average Bonchev–Trinajstić information content (AvgIpc) is 3.50. The fourth-order valence-corrected chi connectivity index (χ4v) is 5.70. The van der Waals surface area contributed by atoms with Gasteiger partial charge in [0.05, 0.1) is 27.6 Å². The van der Waals surface area contributed by atoms with E-state index in [4.69, 9.17) is 10.1 Å². The Morgan fingerprint density at radius 2 is 1.87 bits per heavy atom. The van der Waals surface area contributed by atoms with Crippen LogP contribution in [-0.2, 0) is 11.2 Å². The monoisotopic (exact) mass is 430 g/mol. The van der Waals surface area contributed by atoms with Crippen molar-refractivity contribution in [1.29, 1.82) is 0 Å². The number of aryl methyl sites for hydroxylation is 1. The molecule has 0 N–H and O–H groups in total. The predicted octanol–water partition coefficient (Wildman–Crippen LogP) is 5.40. The lowest BCUT2D eigenvalue weighted by molar-refractivity contribution is -0.132. The van der Waals surface area contributed by atoms with E-state index in [1.54, 1.807) is 11.3 Å². The van der Waals surface area contributed by atoms with Gasteiger partial charge in [0, 0.05) is 18.7 Å². The first-order valence-electron chi connectivity index (χ1n) is 10.9. The van der Waals surface area contributed by atoms with Crippen molar-refractivity contribution < 1.29 is 4.79 Å². The zero-order chi connectivity index (χ0) is 21.4. The molecule has 1 amide bonds. The van der Waals surface area contributed by atoms with Gasteiger partial charge in [0.1, 0.15) is 5.01 Å². The number of carbonyl (C=O) groups is 1. The van der Waals surface area contributed by atoms with Crippen LogP contribution in [0.25, 0.3) is 15.9 Å². The minimum Gasteiger partial charge on any atom is -0.333 e. The molecule has 2 aromatic carbocycles. The molecular formula is C25H26N4OS. The highest BCUT2D eigenvalue weighted by atomic mass is 32.1. The summed E-state index contributed by atoms with van der Waals surface area (Å²) in [7, 11) is 0. The normalized spacial score (nSPS) is 16.3. The van der Waals surface area contributed by atoms with Crippen LogP contribution in [0.2, 0.25) is 0 Å². The molecule has 2 aromatic heterocycles. The van der Waals surface area contributed by atoms with Crippen molar-refractivity contribution in [2.24, 2.45) is 0 Å². The molecule has 0 aliphatic carbocycles. The van der Waals surface area contributed by atoms with E-state index in [9.17, 15) is 4.79 Å². The van der Waals surface area contributed by atoms with E-state index < -0.39 is 0 Å². The summed E-state index contributed by atoms with van der Waals surface area (Å²) < 4.78 is 3.17. The van der Waals surface area contributed by atoms with Gasteiger partial charge in [-0.05, 0) is 62.9 Å². The smallest absolute Gasteiger partial charge is 0.223 e. The molecule has 3 heterocycles. The number of thiazole rings is 1. The van der Waals surface area contributed by atoms with Gasteiger partial charge in [-0.15, -0.1) is 11.3 Å². The number of hydrogen-bond donors (Lipinski definition) is 0. The number of fused-ring (bicyclic) bond motifs is 1. The van der Waals surface area contributed by atoms with Crippen LogP contribution in [0.1, 0.15) is 47.3 Å². The summed E-state index contributed by atoms with van der Waals surface area (Å²) in [6, 6.07) is 18.5. The lowest BCUT2D eigenvalue weighted by Crippen LogP contribution is -2.30. The van der Waals surface area contributed by atoms with Crippen LogP contribution >= 0.6 is 11.3 Å². The van der Waals surface area contributed by atoms with E-state index in [2.05, 4.69) is 25.1 Å². The molecule has 0 saturated carbocycles. The molecule has 6 heteroatoms. The van der Waals surface area contributed by atoms with Crippen LogP contribution in [0.5, 0.6) is 0 Å². The average molecular weight is 431 g/mol. The minimum absolute atomic E-state index is 0.110. The number of nitrogens with zero attached hydrogens (tertiary/aromatic N) is 4. The van der Waals surface area contributed by atoms with Crippen LogP contribution in [0.15, 0.2) is 54.6 Å². The SMILES string of the molecule is Cc1nn(-c2ccccc2)c(C)c1CCC(=O)N1CCC[C@@H]1c1nc2ccccc2s1. The topological polar surface area (TPSA) is 51.0 Å². The summed E-state index contributed by atoms with van der Waals surface area (Å²) in [6.45, 7) is 4.94. The van der Waals surface area contributed by atoms with Gasteiger partial charge in [0.2, 0.25) is 5.91 Å². The summed E-state index contributed by atoms with van der Waals surface area (Å²) in [5, 5.41) is 5.79. The Morgan fingerprint density at radius 3 is 2.68 bits per heavy atom. The van der Waals surface area contributed by atoms with Crippen LogP contribution in [-0.4, -0.2) is 32.1 Å². The summed E-state index contributed by atoms with van der Waals surface area (Å²) in [6.07, 6.45) is 3.25. The van der Waals surface area contributed by atoms with Crippen molar-refractivity contribution in [2.45, 2.75) is 45.6 Å². The first kappa shape index (κ1) is 19.9. The van der Waals surface area contributed by atoms with Gasteiger partial charge in [-0.2, -0.15) is 5.10 Å². The molecule has 4 aromatic rings. The zero-order valence-electron chi connectivity index (χ0n) is 17.9. The van der Waals surface area contributed by atoms with Gasteiger partial charge in [0.25, 0.3) is 0 Å². The molecular weight excluding hydrogens is 404 g/mol. The van der Waals surface area contributed by atoms with Crippen molar-refractivity contribution in [2.75, 3.05) is 6.54 Å². The summed E-state index contributed by atoms with van der Waals surface area (Å²) >= 11 is 1.72. The van der Waals surface area contributed by atoms with E-state index in [1.807, 2.05) is 52.9 Å². The second kappa shape index (κ2) is 8.27. The Bertz CT molecular complexity index is 1190. The van der Waals surface area contributed by atoms with Gasteiger partial charge in [-0.1, -0.05) is 30.3 Å². The van der Waals surface area contributed by atoms with Crippen molar-refractivity contribution in [3.63, 3.8) is 0 Å². The molecule has 5 nitrogen and oxygen atoms in total. The van der Waals surface area contributed by atoms with Crippen molar-refractivity contribution in [3.05, 3.63) is 76.6 Å². The third-order valence-corrected chi connectivity index (χ3v) is 7.34. The van der Waals surface area contributed by atoms with E-state index in [1.165, 1.54) is 10.3 Å². The molecule has 0 radical (unpaired) electrons. The van der Waals surface area contributed by atoms with Crippen molar-refractivity contribution >= 4 is 27.5 Å². The molecule has 0 spiro atoms. The molecule has 1 fully saturated rings. The van der Waals surface area contributed by atoms with Gasteiger partial charge in [-0.3, -0.25) is 4.79 Å². The van der Waals surface area contributed by atoms with Gasteiger partial charge in [0.15, 0.2) is 0 Å². The highest BCUT2D eigenvalue weighted by Crippen LogP contribution is 2.37. The Balaban J connectivity index is 1.32. The number of carbonyl (C=O) groups excluding carboxylic acids is 1. The molecule has 0 bridgehead atoms. The maximum absolute atomic E-state index is 13.2. The van der Waals surface area contributed by atoms with E-state index in [0.29, 0.717) is 12.8 Å². The molecule has 1 atom stereocenters. The first-order valence-corrected chi connectivity index (χ1v) is 11.7. The lowest BCUT2D eigenvalue weighted by Gasteiger charge is -2.23. The molecule has 1 aliphatic heterocycles. The van der Waals surface area contributed by atoms with Gasteiger partial charge in [-0.25, -0.2) is 9.67 Å². The largest absolute Gasteiger partial charge is 0.333 e. The molecule has 31 heavy (non-hydrogen) atoms. The van der Waals surface area contributed by atoms with E-state index in [-0.39, 0.29) is 11.9 Å². The van der Waals surface area contributed by atoms with Crippen molar-refractivity contribution in [3.8, 4) is 5.69 Å². The number of benzene rings is 2. The standard InChI is InChI=1S/C25H26N4OS/c1-17-20(18(2)29(27-17)19-9-4-3-5-10-19)14-15-24(30)28-16-8-12-22(28)25-26-21-11-6-7-13-23(21)31-25/h3-7,9-11,13,22H,8,12,14-16H2,1-2H3/t22-/m1/s1. The molecule has 158 valence electrons. The minimum atomic E-state index is 0.110. The fraction of sp³-hybridized carbons (Fsp3) is 0.320. The van der Waals surface area contributed by atoms with E-state index in [0.717, 1.165) is 47.0 Å². The third-order valence-electron chi connectivity index (χ3n) is 6.20. The maximum atomic E-state index is 13.2. The number of amides is 1. The predicted molar refractivity (Wildman–Crippen MR) is 125 cm³/mol. The number of para-hydroxylation sites is 2. The Labute approximate surface area is 186 Å². The number of hydrogen-bond acceptors (Lipinski definition) is 4. The maximum Gasteiger partial charge on any atom is 0.223 e. The highest BCUT2D eigenvalue weighted by Gasteiger charge is 2.32. The Morgan fingerprint density at radius 1 is 1.10 bits per heavy atom. The second-order valence-electron chi connectivity index (χ2n) is 8.16. The number of aromatic nitrogens is 3. The Hall–Kier alpha value is -2.99. The summed E-state index contributed by atoms with van der Waals surface area (Å²) in [4.78, 5) is 20.1. The highest BCUT2D eigenvalue weighted by molar-refractivity contribution is 7.18. The van der Waals surface area contributed by atoms with Crippen molar-refractivity contribution in [1.82, 2.24) is 19.7 Å². The molecule has 5 rings (SSSR count). The van der Waals surface area contributed by atoms with Crippen LogP contribution in [0.3, 0.4) is 0 Å². The number of likely N-dealkylation sites (tertiary alicyclic amines) is 1.